The summed E-state index contributed by atoms with van der Waals surface area (Å²) in [6.45, 7) is 0.578. The lowest BCUT2D eigenvalue weighted by molar-refractivity contribution is -0.134. The second-order valence-electron chi connectivity index (χ2n) is 8.04. The molecular formula is C24H34N6O2. The van der Waals surface area contributed by atoms with Crippen LogP contribution < -0.4 is 28.3 Å². The molecule has 0 aliphatic heterocycles. The number of nitrogens with one attached hydrogen (secondary N) is 1. The number of unbranched alkanes of at least 4 members (excludes halogenated alkanes) is 1. The van der Waals surface area contributed by atoms with E-state index in [1.54, 1.807) is 0 Å². The Morgan fingerprint density at radius 3 is 1.84 bits per heavy atom. The van der Waals surface area contributed by atoms with Crippen LogP contribution in [0.5, 0.6) is 0 Å². The molecule has 172 valence electrons. The Kier molecular flexibility index (Phi) is 9.69. The monoisotopic (exact) mass is 438 g/mol. The van der Waals surface area contributed by atoms with E-state index in [0.717, 1.165) is 11.1 Å². The van der Waals surface area contributed by atoms with E-state index in [2.05, 4.69) is 10.3 Å². The SMILES string of the molecule is NCC(Cc1ccccc1)(Cc1ccccc1)C(=O)N[C@@H](CCCCN=C(N)N)C(N)=O. The molecule has 0 aromatic heterocycles. The first-order chi connectivity index (χ1) is 15.4. The van der Waals surface area contributed by atoms with Gasteiger partial charge in [-0.05, 0) is 43.2 Å². The van der Waals surface area contributed by atoms with Crippen molar-refractivity contribution in [1.82, 2.24) is 5.32 Å². The Balaban J connectivity index is 2.19. The quantitative estimate of drug-likeness (QED) is 0.177. The van der Waals surface area contributed by atoms with Crippen molar-refractivity contribution in [1.29, 1.82) is 0 Å². The Labute approximate surface area is 189 Å². The minimum atomic E-state index is -0.922. The molecule has 0 spiro atoms. The van der Waals surface area contributed by atoms with E-state index in [9.17, 15) is 9.59 Å². The van der Waals surface area contributed by atoms with Crippen LogP contribution in [0.3, 0.4) is 0 Å². The van der Waals surface area contributed by atoms with Crippen molar-refractivity contribution in [3.05, 3.63) is 71.8 Å². The predicted octanol–water partition coefficient (Wildman–Crippen LogP) is 0.831. The van der Waals surface area contributed by atoms with Crippen LogP contribution in [0.15, 0.2) is 65.7 Å². The molecule has 0 aliphatic carbocycles. The maximum atomic E-state index is 13.5. The number of guanidine groups is 1. The van der Waals surface area contributed by atoms with E-state index in [-0.39, 0.29) is 18.4 Å². The van der Waals surface area contributed by atoms with Crippen LogP contribution in [0, 0.1) is 5.41 Å². The Morgan fingerprint density at radius 1 is 0.875 bits per heavy atom. The van der Waals surface area contributed by atoms with Gasteiger partial charge < -0.3 is 28.3 Å². The van der Waals surface area contributed by atoms with Gasteiger partial charge in [-0.15, -0.1) is 0 Å². The predicted molar refractivity (Wildman–Crippen MR) is 127 cm³/mol. The summed E-state index contributed by atoms with van der Waals surface area (Å²) in [6.07, 6.45) is 2.60. The topological polar surface area (TPSA) is 163 Å². The minimum absolute atomic E-state index is 0.0271. The van der Waals surface area contributed by atoms with Gasteiger partial charge in [0.1, 0.15) is 6.04 Å². The average Bonchev–Trinajstić information content (AvgIpc) is 2.78. The first-order valence-electron chi connectivity index (χ1n) is 10.8. The normalized spacial score (nSPS) is 12.0. The number of benzene rings is 2. The van der Waals surface area contributed by atoms with Gasteiger partial charge in [0.2, 0.25) is 11.8 Å². The number of primary amides is 1. The van der Waals surface area contributed by atoms with Gasteiger partial charge in [-0.2, -0.15) is 0 Å². The van der Waals surface area contributed by atoms with Gasteiger partial charge in [-0.3, -0.25) is 14.6 Å². The lowest BCUT2D eigenvalue weighted by Crippen LogP contribution is -2.54. The van der Waals surface area contributed by atoms with Gasteiger partial charge in [0.15, 0.2) is 5.96 Å². The smallest absolute Gasteiger partial charge is 0.239 e. The van der Waals surface area contributed by atoms with Gasteiger partial charge in [-0.1, -0.05) is 60.7 Å². The number of hydrogen-bond acceptors (Lipinski definition) is 4. The summed E-state index contributed by atoms with van der Waals surface area (Å²) < 4.78 is 0. The molecule has 0 fully saturated rings. The average molecular weight is 439 g/mol. The molecule has 2 amide bonds. The maximum Gasteiger partial charge on any atom is 0.239 e. The molecular weight excluding hydrogens is 404 g/mol. The largest absolute Gasteiger partial charge is 0.370 e. The second kappa shape index (κ2) is 12.5. The summed E-state index contributed by atoms with van der Waals surface area (Å²) in [7, 11) is 0. The number of rotatable bonds is 13. The number of nitrogens with two attached hydrogens (primary N) is 4. The van der Waals surface area contributed by atoms with Crippen molar-refractivity contribution in [3.63, 3.8) is 0 Å². The Hall–Kier alpha value is -3.39. The second-order valence-corrected chi connectivity index (χ2v) is 8.04. The molecule has 2 aromatic carbocycles. The van der Waals surface area contributed by atoms with E-state index in [0.29, 0.717) is 38.6 Å². The Bertz CT molecular complexity index is 840. The van der Waals surface area contributed by atoms with Gasteiger partial charge >= 0.3 is 0 Å². The fourth-order valence-electron chi connectivity index (χ4n) is 3.70. The third kappa shape index (κ3) is 7.70. The standard InChI is InChI=1S/C24H34N6O2/c25-17-24(15-18-9-3-1-4-10-18,16-19-11-5-2-6-12-19)22(32)30-20(21(26)31)13-7-8-14-29-23(27)28/h1-6,9-12,20H,7-8,13-17,25H2,(H2,26,31)(H,30,32)(H4,27,28,29)/t20-/m0/s1. The first-order valence-corrected chi connectivity index (χ1v) is 10.8. The number of hydrogen-bond donors (Lipinski definition) is 5. The van der Waals surface area contributed by atoms with Gasteiger partial charge in [0, 0.05) is 13.1 Å². The number of carbonyl (C=O) groups excluding carboxylic acids is 2. The summed E-state index contributed by atoms with van der Waals surface area (Å²) in [5.41, 5.74) is 23.5. The fraction of sp³-hybridized carbons (Fsp3) is 0.375. The zero-order valence-corrected chi connectivity index (χ0v) is 18.4. The summed E-state index contributed by atoms with van der Waals surface area (Å²) in [5, 5.41) is 2.87. The van der Waals surface area contributed by atoms with Gasteiger partial charge in [-0.25, -0.2) is 0 Å². The third-order valence-electron chi connectivity index (χ3n) is 5.49. The van der Waals surface area contributed by atoms with Crippen LogP contribution >= 0.6 is 0 Å². The summed E-state index contributed by atoms with van der Waals surface area (Å²) in [4.78, 5) is 29.5. The number of amides is 2. The molecule has 0 radical (unpaired) electrons. The molecule has 0 bridgehead atoms. The summed E-state index contributed by atoms with van der Waals surface area (Å²) in [5.74, 6) is -0.828. The third-order valence-corrected chi connectivity index (χ3v) is 5.49. The van der Waals surface area contributed by atoms with Crippen molar-refractivity contribution in [2.75, 3.05) is 13.1 Å². The number of aliphatic imine (C=N–C) groups is 1. The van der Waals surface area contributed by atoms with Crippen molar-refractivity contribution < 1.29 is 9.59 Å². The van der Waals surface area contributed by atoms with Crippen LogP contribution in [-0.2, 0) is 22.4 Å². The van der Waals surface area contributed by atoms with Crippen LogP contribution in [0.1, 0.15) is 30.4 Å². The highest BCUT2D eigenvalue weighted by Crippen LogP contribution is 2.28. The highest BCUT2D eigenvalue weighted by molar-refractivity contribution is 5.90. The zero-order valence-electron chi connectivity index (χ0n) is 18.4. The highest BCUT2D eigenvalue weighted by atomic mass is 16.2. The lowest BCUT2D eigenvalue weighted by atomic mass is 9.75. The molecule has 8 nitrogen and oxygen atoms in total. The Morgan fingerprint density at radius 2 is 1.41 bits per heavy atom. The van der Waals surface area contributed by atoms with Crippen molar-refractivity contribution >= 4 is 17.8 Å². The van der Waals surface area contributed by atoms with E-state index in [4.69, 9.17) is 22.9 Å². The van der Waals surface area contributed by atoms with Crippen molar-refractivity contribution in [2.24, 2.45) is 33.3 Å². The molecule has 0 heterocycles. The van der Waals surface area contributed by atoms with Crippen LogP contribution in [-0.4, -0.2) is 36.9 Å². The van der Waals surface area contributed by atoms with Crippen molar-refractivity contribution in [3.8, 4) is 0 Å². The number of nitrogens with zero attached hydrogens (tertiary/aromatic N) is 1. The van der Waals surface area contributed by atoms with E-state index in [1.807, 2.05) is 60.7 Å². The molecule has 2 rings (SSSR count). The van der Waals surface area contributed by atoms with Crippen LogP contribution in [0.4, 0.5) is 0 Å². The number of carbonyl (C=O) groups is 2. The molecule has 0 saturated carbocycles. The van der Waals surface area contributed by atoms with E-state index in [1.165, 1.54) is 0 Å². The fourth-order valence-corrected chi connectivity index (χ4v) is 3.70. The lowest BCUT2D eigenvalue weighted by Gasteiger charge is -2.33. The van der Waals surface area contributed by atoms with Crippen LogP contribution in [0.2, 0.25) is 0 Å². The maximum absolute atomic E-state index is 13.5. The molecule has 32 heavy (non-hydrogen) atoms. The van der Waals surface area contributed by atoms with Crippen molar-refractivity contribution in [2.45, 2.75) is 38.1 Å². The summed E-state index contributed by atoms with van der Waals surface area (Å²) in [6, 6.07) is 18.7. The van der Waals surface area contributed by atoms with Gasteiger partial charge in [0.25, 0.3) is 0 Å². The van der Waals surface area contributed by atoms with Gasteiger partial charge in [0.05, 0.1) is 5.41 Å². The molecule has 0 unspecified atom stereocenters. The molecule has 0 saturated heterocycles. The van der Waals surface area contributed by atoms with E-state index < -0.39 is 17.4 Å². The minimum Gasteiger partial charge on any atom is -0.370 e. The zero-order chi connectivity index (χ0) is 23.4. The van der Waals surface area contributed by atoms with Crippen LogP contribution in [0.25, 0.3) is 0 Å². The molecule has 2 aromatic rings. The highest BCUT2D eigenvalue weighted by Gasteiger charge is 2.39. The van der Waals surface area contributed by atoms with E-state index >= 15 is 0 Å². The molecule has 1 atom stereocenters. The summed E-state index contributed by atoms with van der Waals surface area (Å²) >= 11 is 0. The molecule has 0 aliphatic rings. The first kappa shape index (κ1) is 24.9. The molecule has 9 N–H and O–H groups in total. The molecule has 8 heteroatoms.